The summed E-state index contributed by atoms with van der Waals surface area (Å²) in [5.74, 6) is -1.41. The molecule has 22 heavy (non-hydrogen) atoms. The summed E-state index contributed by atoms with van der Waals surface area (Å²) in [4.78, 5) is 11.9. The van der Waals surface area contributed by atoms with E-state index in [4.69, 9.17) is 4.74 Å². The Morgan fingerprint density at radius 2 is 1.95 bits per heavy atom. The Morgan fingerprint density at radius 3 is 2.59 bits per heavy atom. The van der Waals surface area contributed by atoms with Gasteiger partial charge in [-0.15, -0.1) is 0 Å². The molecule has 4 nitrogen and oxygen atoms in total. The Labute approximate surface area is 129 Å². The van der Waals surface area contributed by atoms with E-state index in [1.807, 2.05) is 0 Å². The summed E-state index contributed by atoms with van der Waals surface area (Å²) in [7, 11) is 0. The molecule has 1 aliphatic rings. The van der Waals surface area contributed by atoms with Crippen LogP contribution in [0.3, 0.4) is 0 Å². The molecule has 0 saturated carbocycles. The monoisotopic (exact) mass is 312 g/mol. The Hall–Kier alpha value is -1.69. The molecular weight excluding hydrogens is 290 g/mol. The lowest BCUT2D eigenvalue weighted by atomic mass is 9.92. The maximum absolute atomic E-state index is 14.1. The number of hydrogen-bond donors (Lipinski definition) is 2. The van der Waals surface area contributed by atoms with Crippen molar-refractivity contribution in [1.82, 2.24) is 10.6 Å². The minimum absolute atomic E-state index is 0.258. The van der Waals surface area contributed by atoms with E-state index in [0.717, 1.165) is 6.07 Å². The summed E-state index contributed by atoms with van der Waals surface area (Å²) >= 11 is 0. The zero-order valence-corrected chi connectivity index (χ0v) is 13.3. The van der Waals surface area contributed by atoms with Crippen LogP contribution < -0.4 is 10.6 Å². The molecule has 0 bridgehead atoms. The third-order valence-corrected chi connectivity index (χ3v) is 3.59. The van der Waals surface area contributed by atoms with Crippen LogP contribution in [-0.2, 0) is 4.74 Å². The molecule has 0 unspecified atom stereocenters. The second-order valence-corrected chi connectivity index (χ2v) is 6.64. The summed E-state index contributed by atoms with van der Waals surface area (Å²) in [6.45, 7) is 7.96. The molecule has 122 valence electrons. The fraction of sp³-hybridized carbons (Fsp3) is 0.562. The van der Waals surface area contributed by atoms with Crippen LogP contribution >= 0.6 is 0 Å². The first-order valence-corrected chi connectivity index (χ1v) is 7.33. The number of rotatable bonds is 2. The van der Waals surface area contributed by atoms with Crippen molar-refractivity contribution in [2.24, 2.45) is 0 Å². The molecule has 1 fully saturated rings. The molecule has 1 aliphatic heterocycles. The van der Waals surface area contributed by atoms with E-state index in [1.165, 1.54) is 6.07 Å². The summed E-state index contributed by atoms with van der Waals surface area (Å²) in [6.07, 6.45) is -0.537. The normalized spacial score (nSPS) is 21.7. The van der Waals surface area contributed by atoms with E-state index in [1.54, 1.807) is 27.7 Å². The van der Waals surface area contributed by atoms with Crippen molar-refractivity contribution >= 4 is 6.09 Å². The summed E-state index contributed by atoms with van der Waals surface area (Å²) < 4.78 is 32.7. The lowest BCUT2D eigenvalue weighted by Crippen LogP contribution is -2.42. The molecule has 0 spiro atoms. The van der Waals surface area contributed by atoms with Gasteiger partial charge in [-0.2, -0.15) is 0 Å². The van der Waals surface area contributed by atoms with Crippen molar-refractivity contribution in [1.29, 1.82) is 0 Å². The maximum atomic E-state index is 14.1. The van der Waals surface area contributed by atoms with Gasteiger partial charge in [0.2, 0.25) is 0 Å². The molecule has 1 aromatic carbocycles. The molecule has 2 N–H and O–H groups in total. The summed E-state index contributed by atoms with van der Waals surface area (Å²) in [5, 5.41) is 5.88. The molecule has 2 rings (SSSR count). The van der Waals surface area contributed by atoms with Gasteiger partial charge in [0, 0.05) is 25.1 Å². The van der Waals surface area contributed by atoms with Gasteiger partial charge in [-0.1, -0.05) is 0 Å². The van der Waals surface area contributed by atoms with Gasteiger partial charge in [-0.25, -0.2) is 13.6 Å². The number of aryl methyl sites for hydroxylation is 1. The fourth-order valence-electron chi connectivity index (χ4n) is 2.58. The highest BCUT2D eigenvalue weighted by atomic mass is 19.1. The number of amides is 1. The van der Waals surface area contributed by atoms with Gasteiger partial charge in [0.15, 0.2) is 0 Å². The van der Waals surface area contributed by atoms with Gasteiger partial charge in [-0.3, -0.25) is 0 Å². The lowest BCUT2D eigenvalue weighted by molar-refractivity contribution is 0.0504. The average molecular weight is 312 g/mol. The van der Waals surface area contributed by atoms with Gasteiger partial charge < -0.3 is 15.4 Å². The average Bonchev–Trinajstić information content (AvgIpc) is 2.79. The number of nitrogens with one attached hydrogen (secondary N) is 2. The first-order valence-electron chi connectivity index (χ1n) is 7.33. The van der Waals surface area contributed by atoms with Crippen molar-refractivity contribution in [3.8, 4) is 0 Å². The first-order chi connectivity index (χ1) is 10.2. The van der Waals surface area contributed by atoms with E-state index in [0.29, 0.717) is 24.2 Å². The van der Waals surface area contributed by atoms with Crippen LogP contribution in [0.25, 0.3) is 0 Å². The number of halogens is 2. The van der Waals surface area contributed by atoms with E-state index in [2.05, 4.69) is 10.6 Å². The maximum Gasteiger partial charge on any atom is 0.407 e. The molecule has 1 heterocycles. The zero-order chi connectivity index (χ0) is 16.5. The van der Waals surface area contributed by atoms with Gasteiger partial charge >= 0.3 is 6.09 Å². The van der Waals surface area contributed by atoms with Crippen molar-refractivity contribution < 1.29 is 18.3 Å². The number of alkyl carbamates (subject to hydrolysis) is 1. The fourth-order valence-corrected chi connectivity index (χ4v) is 2.58. The molecule has 6 heteroatoms. The first kappa shape index (κ1) is 16.7. The SMILES string of the molecule is Cc1cc([C@H]2CNC[C@@H]2NC(=O)OC(C)(C)C)c(F)cc1F. The number of carbonyl (C=O) groups excluding carboxylic acids is 1. The van der Waals surface area contributed by atoms with Crippen LogP contribution in [0.2, 0.25) is 0 Å². The van der Waals surface area contributed by atoms with Gasteiger partial charge in [0.25, 0.3) is 0 Å². The molecule has 2 atom stereocenters. The summed E-state index contributed by atoms with van der Waals surface area (Å²) in [5.41, 5.74) is 0.202. The van der Waals surface area contributed by atoms with Crippen molar-refractivity contribution in [2.45, 2.75) is 45.3 Å². The van der Waals surface area contributed by atoms with Crippen molar-refractivity contribution in [3.63, 3.8) is 0 Å². The van der Waals surface area contributed by atoms with Gasteiger partial charge in [0.1, 0.15) is 17.2 Å². The molecule has 1 saturated heterocycles. The third kappa shape index (κ3) is 3.94. The molecule has 0 aliphatic carbocycles. The predicted octanol–water partition coefficient (Wildman–Crippen LogP) is 2.85. The number of carbonyl (C=O) groups is 1. The molecule has 0 aromatic heterocycles. The van der Waals surface area contributed by atoms with E-state index < -0.39 is 23.3 Å². The number of hydrogen-bond acceptors (Lipinski definition) is 3. The Kier molecular flexibility index (Phi) is 4.70. The molecule has 0 radical (unpaired) electrons. The predicted molar refractivity (Wildman–Crippen MR) is 79.9 cm³/mol. The van der Waals surface area contributed by atoms with Crippen LogP contribution in [0, 0.1) is 18.6 Å². The highest BCUT2D eigenvalue weighted by Crippen LogP contribution is 2.27. The van der Waals surface area contributed by atoms with Gasteiger partial charge in [0.05, 0.1) is 6.04 Å². The second-order valence-electron chi connectivity index (χ2n) is 6.64. The quantitative estimate of drug-likeness (QED) is 0.883. The van der Waals surface area contributed by atoms with E-state index in [9.17, 15) is 13.6 Å². The molecule has 1 amide bonds. The largest absolute Gasteiger partial charge is 0.444 e. The van der Waals surface area contributed by atoms with Crippen LogP contribution in [-0.4, -0.2) is 30.8 Å². The zero-order valence-electron chi connectivity index (χ0n) is 13.3. The second kappa shape index (κ2) is 6.20. The van der Waals surface area contributed by atoms with Crippen molar-refractivity contribution in [3.05, 3.63) is 34.9 Å². The van der Waals surface area contributed by atoms with E-state index >= 15 is 0 Å². The summed E-state index contributed by atoms with van der Waals surface area (Å²) in [6, 6.07) is 2.11. The van der Waals surface area contributed by atoms with Crippen LogP contribution in [0.1, 0.15) is 37.8 Å². The third-order valence-electron chi connectivity index (χ3n) is 3.59. The topological polar surface area (TPSA) is 50.4 Å². The molecular formula is C16H22F2N2O2. The lowest BCUT2D eigenvalue weighted by Gasteiger charge is -2.24. The number of benzene rings is 1. The van der Waals surface area contributed by atoms with Gasteiger partial charge in [-0.05, 0) is 44.9 Å². The minimum atomic E-state index is -0.594. The minimum Gasteiger partial charge on any atom is -0.444 e. The van der Waals surface area contributed by atoms with Crippen LogP contribution in [0.4, 0.5) is 13.6 Å². The van der Waals surface area contributed by atoms with E-state index in [-0.39, 0.29) is 12.0 Å². The molecule has 1 aromatic rings. The van der Waals surface area contributed by atoms with Crippen LogP contribution in [0.15, 0.2) is 12.1 Å². The van der Waals surface area contributed by atoms with Crippen molar-refractivity contribution in [2.75, 3.05) is 13.1 Å². The highest BCUT2D eigenvalue weighted by molar-refractivity contribution is 5.68. The Balaban J connectivity index is 2.14. The Bertz CT molecular complexity index is 570. The standard InChI is InChI=1S/C16H22F2N2O2/c1-9-5-10(13(18)6-12(9)17)11-7-19-8-14(11)20-15(21)22-16(2,3)4/h5-6,11,14,19H,7-8H2,1-4H3,(H,20,21)/t11-,14+/m1/s1. The van der Waals surface area contributed by atoms with Crippen LogP contribution in [0.5, 0.6) is 0 Å². The Morgan fingerprint density at radius 1 is 1.27 bits per heavy atom. The number of ether oxygens (including phenoxy) is 1. The smallest absolute Gasteiger partial charge is 0.407 e. The highest BCUT2D eigenvalue weighted by Gasteiger charge is 2.33.